The van der Waals surface area contributed by atoms with Gasteiger partial charge < -0.3 is 20.9 Å². The number of carbonyl (C=O) groups excluding carboxylic acids is 1. The third-order valence-electron chi connectivity index (χ3n) is 1.87. The summed E-state index contributed by atoms with van der Waals surface area (Å²) >= 11 is 0. The summed E-state index contributed by atoms with van der Waals surface area (Å²) in [6.07, 6.45) is 1.57. The molecule has 0 saturated carbocycles. The van der Waals surface area contributed by atoms with E-state index in [-0.39, 0.29) is 5.96 Å². The van der Waals surface area contributed by atoms with Crippen molar-refractivity contribution in [3.63, 3.8) is 0 Å². The van der Waals surface area contributed by atoms with E-state index < -0.39 is 5.97 Å². The number of guanidine groups is 1. The van der Waals surface area contributed by atoms with Crippen molar-refractivity contribution in [3.8, 4) is 11.5 Å². The van der Waals surface area contributed by atoms with Gasteiger partial charge in [0, 0.05) is 17.6 Å². The van der Waals surface area contributed by atoms with Crippen molar-refractivity contribution >= 4 is 18.1 Å². The Morgan fingerprint density at radius 1 is 1.39 bits per heavy atom. The molecule has 0 aliphatic rings. The maximum Gasteiger partial charge on any atom is 0.308 e. The van der Waals surface area contributed by atoms with E-state index in [1.807, 2.05) is 0 Å². The van der Waals surface area contributed by atoms with Crippen LogP contribution in [0.3, 0.4) is 0 Å². The predicted octanol–water partition coefficient (Wildman–Crippen LogP) is -1.69. The van der Waals surface area contributed by atoms with Gasteiger partial charge in [0.25, 0.3) is 5.96 Å². The van der Waals surface area contributed by atoms with Gasteiger partial charge in [-0.05, 0) is 18.2 Å². The summed E-state index contributed by atoms with van der Waals surface area (Å²) in [6.45, 7) is 1.32. The number of hydrazone groups is 1. The Bertz CT molecular complexity index is 493. The van der Waals surface area contributed by atoms with Gasteiger partial charge in [-0.3, -0.25) is 4.79 Å². The van der Waals surface area contributed by atoms with Crippen LogP contribution in [0.5, 0.6) is 11.5 Å². The lowest BCUT2D eigenvalue weighted by molar-refractivity contribution is -0.456. The van der Waals surface area contributed by atoms with Crippen LogP contribution in [0.2, 0.25) is 0 Å². The molecular formula is C11H15N4O3+. The molecule has 0 aromatic heterocycles. The van der Waals surface area contributed by atoms with E-state index in [2.05, 4.69) is 10.2 Å². The molecule has 96 valence electrons. The third kappa shape index (κ3) is 4.12. The summed E-state index contributed by atoms with van der Waals surface area (Å²) in [5, 5.41) is 6.15. The zero-order valence-electron chi connectivity index (χ0n) is 10.1. The molecule has 0 saturated heterocycles. The van der Waals surface area contributed by atoms with Gasteiger partial charge in [0.05, 0.1) is 7.11 Å². The number of hydrogen-bond donors (Lipinski definition) is 3. The average Bonchev–Trinajstić information content (AvgIpc) is 2.29. The third-order valence-corrected chi connectivity index (χ3v) is 1.87. The Balaban J connectivity index is 2.94. The first kappa shape index (κ1) is 13.5. The van der Waals surface area contributed by atoms with Crippen LogP contribution in [0.25, 0.3) is 0 Å². The summed E-state index contributed by atoms with van der Waals surface area (Å²) in [5.74, 6) is 0.299. The van der Waals surface area contributed by atoms with E-state index in [9.17, 15) is 4.79 Å². The number of nitrogens with two attached hydrogens (primary N) is 2. The van der Waals surface area contributed by atoms with Crippen molar-refractivity contribution in [2.45, 2.75) is 6.92 Å². The molecule has 7 heteroatoms. The van der Waals surface area contributed by atoms with Gasteiger partial charge in [-0.1, -0.05) is 0 Å². The molecular weight excluding hydrogens is 236 g/mol. The summed E-state index contributed by atoms with van der Waals surface area (Å²) in [6, 6.07) is 5.01. The number of hydrogen-bond acceptors (Lipinski definition) is 4. The lowest BCUT2D eigenvalue weighted by atomic mass is 10.2. The van der Waals surface area contributed by atoms with Crippen LogP contribution in [0.4, 0.5) is 0 Å². The number of methoxy groups -OCH3 is 1. The van der Waals surface area contributed by atoms with Gasteiger partial charge in [0.15, 0.2) is 11.5 Å². The SMILES string of the molecule is COc1cc(C=[NH+]N=C(N)N)ccc1OC(C)=O. The number of nitrogens with zero attached hydrogens (tertiary/aromatic N) is 1. The number of esters is 1. The minimum absolute atomic E-state index is 0.0743. The molecule has 0 aliphatic carbocycles. The highest BCUT2D eigenvalue weighted by Crippen LogP contribution is 2.27. The molecule has 0 radical (unpaired) electrons. The Labute approximate surface area is 104 Å². The summed E-state index contributed by atoms with van der Waals surface area (Å²) in [7, 11) is 1.48. The van der Waals surface area contributed by atoms with Crippen molar-refractivity contribution in [3.05, 3.63) is 23.8 Å². The first-order chi connectivity index (χ1) is 8.52. The maximum absolute atomic E-state index is 10.9. The number of nitrogens with one attached hydrogen (secondary N) is 1. The topological polar surface area (TPSA) is 114 Å². The summed E-state index contributed by atoms with van der Waals surface area (Å²) in [4.78, 5) is 10.9. The Morgan fingerprint density at radius 2 is 2.11 bits per heavy atom. The standard InChI is InChI=1S/C11H14N4O3/c1-7(16)18-9-4-3-8(5-10(9)17-2)6-14-15-11(12)13/h3-6H,1-2H3,(H4,12,13,15)/p+1. The first-order valence-electron chi connectivity index (χ1n) is 5.06. The molecule has 0 amide bonds. The van der Waals surface area contributed by atoms with Crippen molar-refractivity contribution in [1.29, 1.82) is 0 Å². The second-order valence-corrected chi connectivity index (χ2v) is 3.31. The number of carbonyl (C=O) groups is 1. The highest BCUT2D eigenvalue weighted by atomic mass is 16.6. The van der Waals surface area contributed by atoms with Crippen LogP contribution in [0, 0.1) is 0 Å². The van der Waals surface area contributed by atoms with Crippen LogP contribution in [-0.2, 0) is 4.79 Å². The van der Waals surface area contributed by atoms with E-state index in [4.69, 9.17) is 20.9 Å². The van der Waals surface area contributed by atoms with Crippen LogP contribution in [0.15, 0.2) is 23.3 Å². The average molecular weight is 251 g/mol. The molecule has 1 aromatic rings. The van der Waals surface area contributed by atoms with E-state index in [0.29, 0.717) is 11.5 Å². The molecule has 0 heterocycles. The predicted molar refractivity (Wildman–Crippen MR) is 66.2 cm³/mol. The van der Waals surface area contributed by atoms with Crippen LogP contribution < -0.4 is 26.0 Å². The van der Waals surface area contributed by atoms with Crippen molar-refractivity contribution in [2.75, 3.05) is 7.11 Å². The molecule has 0 spiro atoms. The lowest BCUT2D eigenvalue weighted by Gasteiger charge is -2.07. The highest BCUT2D eigenvalue weighted by molar-refractivity contribution is 5.78. The quantitative estimate of drug-likeness (QED) is 0.194. The van der Waals surface area contributed by atoms with Gasteiger partial charge in [0.2, 0.25) is 6.21 Å². The molecule has 0 atom stereocenters. The first-order valence-corrected chi connectivity index (χ1v) is 5.06. The molecule has 5 N–H and O–H groups in total. The molecule has 0 fully saturated rings. The van der Waals surface area contributed by atoms with Gasteiger partial charge in [-0.2, -0.15) is 0 Å². The van der Waals surface area contributed by atoms with E-state index in [1.165, 1.54) is 14.0 Å². The fourth-order valence-electron chi connectivity index (χ4n) is 1.19. The molecule has 0 bridgehead atoms. The van der Waals surface area contributed by atoms with E-state index in [0.717, 1.165) is 5.56 Å². The van der Waals surface area contributed by atoms with Crippen molar-refractivity contribution < 1.29 is 19.4 Å². The number of rotatable bonds is 4. The van der Waals surface area contributed by atoms with Crippen molar-refractivity contribution in [2.24, 2.45) is 16.6 Å². The molecule has 18 heavy (non-hydrogen) atoms. The Kier molecular flexibility index (Phi) is 4.67. The zero-order valence-corrected chi connectivity index (χ0v) is 10.1. The molecule has 7 nitrogen and oxygen atoms in total. The maximum atomic E-state index is 10.9. The monoisotopic (exact) mass is 251 g/mol. The van der Waals surface area contributed by atoms with Gasteiger partial charge in [0.1, 0.15) is 0 Å². The lowest BCUT2D eigenvalue weighted by Crippen LogP contribution is -2.63. The van der Waals surface area contributed by atoms with Crippen LogP contribution in [0.1, 0.15) is 12.5 Å². The molecule has 0 aliphatic heterocycles. The second kappa shape index (κ2) is 6.24. The van der Waals surface area contributed by atoms with Gasteiger partial charge >= 0.3 is 5.97 Å². The second-order valence-electron chi connectivity index (χ2n) is 3.31. The van der Waals surface area contributed by atoms with Gasteiger partial charge in [-0.25, -0.2) is 0 Å². The van der Waals surface area contributed by atoms with E-state index >= 15 is 0 Å². The van der Waals surface area contributed by atoms with Crippen LogP contribution >= 0.6 is 0 Å². The highest BCUT2D eigenvalue weighted by Gasteiger charge is 2.08. The molecule has 1 rings (SSSR count). The number of benzene rings is 1. The minimum Gasteiger partial charge on any atom is -0.493 e. The minimum atomic E-state index is -0.413. The van der Waals surface area contributed by atoms with Gasteiger partial charge in [-0.15, -0.1) is 5.10 Å². The van der Waals surface area contributed by atoms with E-state index in [1.54, 1.807) is 24.4 Å². The van der Waals surface area contributed by atoms with Crippen LogP contribution in [-0.4, -0.2) is 25.3 Å². The normalized spacial score (nSPS) is 10.1. The smallest absolute Gasteiger partial charge is 0.308 e. The summed E-state index contributed by atoms with van der Waals surface area (Å²) in [5.41, 5.74) is 11.1. The fourth-order valence-corrected chi connectivity index (χ4v) is 1.19. The fraction of sp³-hybridized carbons (Fsp3) is 0.182. The summed E-state index contributed by atoms with van der Waals surface area (Å²) < 4.78 is 10.1. The Morgan fingerprint density at radius 3 is 2.67 bits per heavy atom. The largest absolute Gasteiger partial charge is 0.493 e. The molecule has 0 unspecified atom stereocenters. The molecule has 1 aromatic carbocycles. The zero-order chi connectivity index (χ0) is 13.5. The van der Waals surface area contributed by atoms with Crippen molar-refractivity contribution in [1.82, 2.24) is 0 Å². The Hall–Kier alpha value is -2.57. The number of ether oxygens (including phenoxy) is 2.